The molecule has 0 saturated carbocycles. The number of nitrogens with zero attached hydrogens (tertiary/aromatic N) is 4. The minimum Gasteiger partial charge on any atom is -0.472 e. The van der Waals surface area contributed by atoms with Gasteiger partial charge in [0, 0.05) is 42.5 Å². The number of furan rings is 1. The number of aromatic nitrogens is 4. The molecule has 0 aromatic carbocycles. The van der Waals surface area contributed by atoms with Gasteiger partial charge in [0.15, 0.2) is 5.82 Å². The fourth-order valence-electron chi connectivity index (χ4n) is 3.14. The summed E-state index contributed by atoms with van der Waals surface area (Å²) < 4.78 is 5.16. The molecular formula is C17H19N5O. The molecule has 1 N–H and O–H groups in total. The van der Waals surface area contributed by atoms with Gasteiger partial charge in [-0.15, -0.1) is 0 Å². The van der Waals surface area contributed by atoms with Gasteiger partial charge in [0.1, 0.15) is 5.82 Å². The topological polar surface area (TPSA) is 70.8 Å². The van der Waals surface area contributed by atoms with Crippen molar-refractivity contribution in [3.8, 4) is 11.4 Å². The molecule has 1 saturated heterocycles. The molecule has 1 aliphatic rings. The summed E-state index contributed by atoms with van der Waals surface area (Å²) in [6, 6.07) is 5.91. The Labute approximate surface area is 134 Å². The van der Waals surface area contributed by atoms with Crippen molar-refractivity contribution < 1.29 is 4.42 Å². The molecule has 6 heteroatoms. The van der Waals surface area contributed by atoms with Crippen molar-refractivity contribution in [1.82, 2.24) is 25.1 Å². The van der Waals surface area contributed by atoms with Crippen LogP contribution in [0.1, 0.15) is 30.1 Å². The summed E-state index contributed by atoms with van der Waals surface area (Å²) in [4.78, 5) is 11.3. The number of hydrogen-bond acceptors (Lipinski definition) is 5. The first-order valence-corrected chi connectivity index (χ1v) is 7.94. The van der Waals surface area contributed by atoms with E-state index in [-0.39, 0.29) is 0 Å². The third kappa shape index (κ3) is 3.17. The van der Waals surface area contributed by atoms with Crippen LogP contribution in [-0.4, -0.2) is 38.2 Å². The van der Waals surface area contributed by atoms with E-state index in [4.69, 9.17) is 4.42 Å². The van der Waals surface area contributed by atoms with Crippen LogP contribution in [0.15, 0.2) is 47.5 Å². The van der Waals surface area contributed by atoms with Crippen LogP contribution in [0, 0.1) is 0 Å². The maximum absolute atomic E-state index is 5.16. The molecule has 1 fully saturated rings. The lowest BCUT2D eigenvalue weighted by atomic mass is 9.97. The molecule has 4 heterocycles. The summed E-state index contributed by atoms with van der Waals surface area (Å²) in [5, 5.41) is 7.47. The summed E-state index contributed by atoms with van der Waals surface area (Å²) in [7, 11) is 0. The van der Waals surface area contributed by atoms with E-state index in [9.17, 15) is 0 Å². The van der Waals surface area contributed by atoms with Crippen molar-refractivity contribution in [3.05, 3.63) is 54.5 Å². The van der Waals surface area contributed by atoms with Crippen molar-refractivity contribution in [3.63, 3.8) is 0 Å². The highest BCUT2D eigenvalue weighted by Crippen LogP contribution is 2.26. The van der Waals surface area contributed by atoms with E-state index in [0.717, 1.165) is 43.3 Å². The van der Waals surface area contributed by atoms with E-state index >= 15 is 0 Å². The Morgan fingerprint density at radius 2 is 2.35 bits per heavy atom. The Balaban J connectivity index is 1.46. The summed E-state index contributed by atoms with van der Waals surface area (Å²) in [6.45, 7) is 3.04. The molecule has 0 amide bonds. The van der Waals surface area contributed by atoms with E-state index in [1.807, 2.05) is 24.5 Å². The Hall–Kier alpha value is -2.47. The van der Waals surface area contributed by atoms with E-state index in [2.05, 4.69) is 25.1 Å². The van der Waals surface area contributed by atoms with Crippen LogP contribution in [-0.2, 0) is 6.54 Å². The van der Waals surface area contributed by atoms with Gasteiger partial charge < -0.3 is 4.42 Å². The summed E-state index contributed by atoms with van der Waals surface area (Å²) in [6.07, 6.45) is 9.41. The molecule has 0 spiro atoms. The predicted octanol–water partition coefficient (Wildman–Crippen LogP) is 2.84. The molecule has 1 aliphatic heterocycles. The molecule has 6 nitrogen and oxygen atoms in total. The number of H-pyrrole nitrogens is 1. The molecule has 0 bridgehead atoms. The lowest BCUT2D eigenvalue weighted by Gasteiger charge is -2.31. The molecule has 0 radical (unpaired) electrons. The van der Waals surface area contributed by atoms with Gasteiger partial charge in [-0.2, -0.15) is 5.10 Å². The van der Waals surface area contributed by atoms with Crippen molar-refractivity contribution >= 4 is 0 Å². The molecule has 0 aliphatic carbocycles. The molecule has 1 atom stereocenters. The molecule has 3 aromatic heterocycles. The summed E-state index contributed by atoms with van der Waals surface area (Å²) in [5.74, 6) is 2.09. The Bertz CT molecular complexity index is 737. The number of nitrogens with one attached hydrogen (secondary N) is 1. The smallest absolute Gasteiger partial charge is 0.182 e. The molecule has 118 valence electrons. The third-order valence-electron chi connectivity index (χ3n) is 4.30. The van der Waals surface area contributed by atoms with Gasteiger partial charge in [-0.1, -0.05) is 0 Å². The largest absolute Gasteiger partial charge is 0.472 e. The fraction of sp³-hybridized carbons (Fsp3) is 0.353. The van der Waals surface area contributed by atoms with E-state index in [1.165, 1.54) is 12.0 Å². The zero-order valence-corrected chi connectivity index (χ0v) is 12.9. The van der Waals surface area contributed by atoms with Crippen LogP contribution < -0.4 is 0 Å². The normalized spacial score (nSPS) is 19.0. The first-order chi connectivity index (χ1) is 11.4. The molecule has 4 rings (SSSR count). The molecule has 0 unspecified atom stereocenters. The predicted molar refractivity (Wildman–Crippen MR) is 85.6 cm³/mol. The quantitative estimate of drug-likeness (QED) is 0.802. The second-order valence-corrected chi connectivity index (χ2v) is 5.99. The first kappa shape index (κ1) is 14.1. The highest BCUT2D eigenvalue weighted by atomic mass is 16.3. The number of hydrogen-bond donors (Lipinski definition) is 1. The maximum Gasteiger partial charge on any atom is 0.182 e. The zero-order valence-electron chi connectivity index (χ0n) is 12.9. The van der Waals surface area contributed by atoms with Crippen LogP contribution >= 0.6 is 0 Å². The van der Waals surface area contributed by atoms with Crippen molar-refractivity contribution in [2.24, 2.45) is 0 Å². The second kappa shape index (κ2) is 6.34. The monoisotopic (exact) mass is 309 g/mol. The third-order valence-corrected chi connectivity index (χ3v) is 4.30. The average Bonchev–Trinajstić information content (AvgIpc) is 3.28. The van der Waals surface area contributed by atoms with Gasteiger partial charge in [-0.25, -0.2) is 4.98 Å². The average molecular weight is 309 g/mol. The number of rotatable bonds is 4. The van der Waals surface area contributed by atoms with Crippen LogP contribution in [0.3, 0.4) is 0 Å². The van der Waals surface area contributed by atoms with E-state index < -0.39 is 0 Å². The second-order valence-electron chi connectivity index (χ2n) is 5.99. The Kier molecular flexibility index (Phi) is 3.90. The lowest BCUT2D eigenvalue weighted by Crippen LogP contribution is -2.34. The zero-order chi connectivity index (χ0) is 15.5. The standard InChI is InChI=1S/C17H19N5O/c1-3-14(9-18-6-1)16-19-17(21-20-16)15-4-2-7-22(11-15)10-13-5-8-23-12-13/h1,3,5-6,8-9,12,15H,2,4,7,10-11H2,(H,19,20,21)/t15-/m1/s1. The van der Waals surface area contributed by atoms with Crippen molar-refractivity contribution in [1.29, 1.82) is 0 Å². The highest BCUT2D eigenvalue weighted by molar-refractivity contribution is 5.52. The van der Waals surface area contributed by atoms with E-state index in [1.54, 1.807) is 18.7 Å². The molecule has 23 heavy (non-hydrogen) atoms. The van der Waals surface area contributed by atoms with Gasteiger partial charge in [0.25, 0.3) is 0 Å². The van der Waals surface area contributed by atoms with Gasteiger partial charge in [-0.05, 0) is 37.6 Å². The number of aromatic amines is 1. The summed E-state index contributed by atoms with van der Waals surface area (Å²) >= 11 is 0. The first-order valence-electron chi connectivity index (χ1n) is 7.94. The lowest BCUT2D eigenvalue weighted by molar-refractivity contribution is 0.196. The van der Waals surface area contributed by atoms with Crippen LogP contribution in [0.25, 0.3) is 11.4 Å². The number of pyridine rings is 1. The number of likely N-dealkylation sites (tertiary alicyclic amines) is 1. The van der Waals surface area contributed by atoms with Crippen molar-refractivity contribution in [2.45, 2.75) is 25.3 Å². The Morgan fingerprint density at radius 3 is 3.17 bits per heavy atom. The number of piperidine rings is 1. The van der Waals surface area contributed by atoms with Gasteiger partial charge in [0.05, 0.1) is 12.5 Å². The minimum absolute atomic E-state index is 0.397. The molecule has 3 aromatic rings. The molecular weight excluding hydrogens is 290 g/mol. The van der Waals surface area contributed by atoms with Gasteiger partial charge in [-0.3, -0.25) is 15.0 Å². The Morgan fingerprint density at radius 1 is 1.35 bits per heavy atom. The van der Waals surface area contributed by atoms with Crippen LogP contribution in [0.5, 0.6) is 0 Å². The van der Waals surface area contributed by atoms with Gasteiger partial charge >= 0.3 is 0 Å². The minimum atomic E-state index is 0.397. The maximum atomic E-state index is 5.16. The fourth-order valence-corrected chi connectivity index (χ4v) is 3.14. The van der Waals surface area contributed by atoms with E-state index in [0.29, 0.717) is 5.92 Å². The SMILES string of the molecule is c1cncc(-c2n[nH]c([C@@H]3CCCN(Cc4ccoc4)C3)n2)c1. The van der Waals surface area contributed by atoms with Gasteiger partial charge in [0.2, 0.25) is 0 Å². The van der Waals surface area contributed by atoms with Crippen molar-refractivity contribution in [2.75, 3.05) is 13.1 Å². The summed E-state index contributed by atoms with van der Waals surface area (Å²) in [5.41, 5.74) is 2.17. The highest BCUT2D eigenvalue weighted by Gasteiger charge is 2.24. The van der Waals surface area contributed by atoms with Crippen LogP contribution in [0.4, 0.5) is 0 Å². The van der Waals surface area contributed by atoms with Crippen LogP contribution in [0.2, 0.25) is 0 Å².